The smallest absolute Gasteiger partial charge is 0.338 e. The van der Waals surface area contributed by atoms with Crippen LogP contribution in [-0.4, -0.2) is 21.6 Å². The molecular formula is C19H20N2O3S. The Labute approximate surface area is 149 Å². The maximum Gasteiger partial charge on any atom is 0.338 e. The van der Waals surface area contributed by atoms with E-state index >= 15 is 0 Å². The Morgan fingerprint density at radius 3 is 2.84 bits per heavy atom. The summed E-state index contributed by atoms with van der Waals surface area (Å²) in [5, 5.41) is 0.653. The number of hydrogen-bond donors (Lipinski definition) is 0. The molecule has 0 spiro atoms. The van der Waals surface area contributed by atoms with Gasteiger partial charge in [-0.2, -0.15) is 0 Å². The van der Waals surface area contributed by atoms with Gasteiger partial charge < -0.3 is 4.74 Å². The predicted octanol–water partition coefficient (Wildman–Crippen LogP) is 3.63. The number of aromatic nitrogens is 2. The van der Waals surface area contributed by atoms with E-state index in [9.17, 15) is 9.59 Å². The molecule has 25 heavy (non-hydrogen) atoms. The topological polar surface area (TPSA) is 61.2 Å². The van der Waals surface area contributed by atoms with Crippen molar-refractivity contribution < 1.29 is 9.53 Å². The van der Waals surface area contributed by atoms with Crippen molar-refractivity contribution in [3.05, 3.63) is 63.0 Å². The fourth-order valence-electron chi connectivity index (χ4n) is 2.57. The number of fused-ring (bicyclic) bond motifs is 1. The van der Waals surface area contributed by atoms with Crippen LogP contribution in [-0.2, 0) is 17.7 Å². The number of rotatable bonds is 5. The van der Waals surface area contributed by atoms with E-state index in [1.807, 2.05) is 26.0 Å². The molecule has 6 heteroatoms. The molecule has 3 rings (SSSR count). The summed E-state index contributed by atoms with van der Waals surface area (Å²) in [6.07, 6.45) is 2.29. The van der Waals surface area contributed by atoms with Gasteiger partial charge in [-0.25, -0.2) is 9.78 Å². The number of esters is 1. The monoisotopic (exact) mass is 356 g/mol. The van der Waals surface area contributed by atoms with Crippen molar-refractivity contribution in [2.45, 2.75) is 39.8 Å². The van der Waals surface area contributed by atoms with Gasteiger partial charge in [-0.05, 0) is 44.0 Å². The van der Waals surface area contributed by atoms with Crippen molar-refractivity contribution in [3.8, 4) is 0 Å². The molecule has 0 unspecified atom stereocenters. The largest absolute Gasteiger partial charge is 0.459 e. The van der Waals surface area contributed by atoms with E-state index in [2.05, 4.69) is 11.9 Å². The summed E-state index contributed by atoms with van der Waals surface area (Å²) in [6, 6.07) is 9.07. The molecule has 1 aromatic carbocycles. The number of carbonyl (C=O) groups excluding carboxylic acids is 1. The fourth-order valence-corrected chi connectivity index (χ4v) is 3.50. The van der Waals surface area contributed by atoms with Crippen molar-refractivity contribution in [2.75, 3.05) is 0 Å². The average Bonchev–Trinajstić information content (AvgIpc) is 3.01. The molecule has 2 heterocycles. The van der Waals surface area contributed by atoms with Crippen molar-refractivity contribution >= 4 is 27.5 Å². The summed E-state index contributed by atoms with van der Waals surface area (Å²) >= 11 is 1.55. The highest BCUT2D eigenvalue weighted by molar-refractivity contribution is 7.18. The molecule has 0 atom stereocenters. The Morgan fingerprint density at radius 2 is 2.12 bits per heavy atom. The Bertz CT molecular complexity index is 972. The lowest BCUT2D eigenvalue weighted by atomic mass is 10.1. The van der Waals surface area contributed by atoms with Gasteiger partial charge in [0.25, 0.3) is 5.56 Å². The zero-order valence-corrected chi connectivity index (χ0v) is 15.3. The summed E-state index contributed by atoms with van der Waals surface area (Å²) in [5.74, 6) is -0.358. The second-order valence-electron chi connectivity index (χ2n) is 6.12. The number of hydrogen-bond acceptors (Lipinski definition) is 5. The van der Waals surface area contributed by atoms with Gasteiger partial charge in [-0.1, -0.05) is 19.1 Å². The molecule has 5 nitrogen and oxygen atoms in total. The van der Waals surface area contributed by atoms with Crippen LogP contribution in [0.3, 0.4) is 0 Å². The fraction of sp³-hybridized carbons (Fsp3) is 0.316. The van der Waals surface area contributed by atoms with E-state index in [1.165, 1.54) is 0 Å². The zero-order chi connectivity index (χ0) is 18.0. The number of benzene rings is 1. The number of aryl methyl sites for hydroxylation is 1. The van der Waals surface area contributed by atoms with Crippen LogP contribution in [0.4, 0.5) is 0 Å². The van der Waals surface area contributed by atoms with Gasteiger partial charge in [0.15, 0.2) is 0 Å². The summed E-state index contributed by atoms with van der Waals surface area (Å²) in [7, 11) is 0. The van der Waals surface area contributed by atoms with Crippen LogP contribution in [0.5, 0.6) is 0 Å². The van der Waals surface area contributed by atoms with Crippen LogP contribution >= 0.6 is 11.3 Å². The molecule has 0 aliphatic carbocycles. The normalized spacial score (nSPS) is 11.2. The van der Waals surface area contributed by atoms with Gasteiger partial charge in [0.1, 0.15) is 4.83 Å². The third-order valence-electron chi connectivity index (χ3n) is 3.78. The summed E-state index contributed by atoms with van der Waals surface area (Å²) < 4.78 is 6.79. The minimum Gasteiger partial charge on any atom is -0.459 e. The maximum atomic E-state index is 12.7. The second kappa shape index (κ2) is 7.19. The van der Waals surface area contributed by atoms with Crippen LogP contribution in [0, 0.1) is 0 Å². The van der Waals surface area contributed by atoms with Crippen molar-refractivity contribution in [3.63, 3.8) is 0 Å². The molecule has 0 bridgehead atoms. The number of nitrogens with zero attached hydrogens (tertiary/aromatic N) is 2. The zero-order valence-electron chi connectivity index (χ0n) is 14.5. The molecule has 0 aliphatic rings. The van der Waals surface area contributed by atoms with E-state index < -0.39 is 0 Å². The predicted molar refractivity (Wildman–Crippen MR) is 99.4 cm³/mol. The Balaban J connectivity index is 1.90. The molecule has 3 aromatic rings. The third kappa shape index (κ3) is 3.79. The van der Waals surface area contributed by atoms with Crippen molar-refractivity contribution in [2.24, 2.45) is 0 Å². The molecule has 130 valence electrons. The first-order chi connectivity index (χ1) is 12.0. The van der Waals surface area contributed by atoms with E-state index in [0.717, 1.165) is 21.7 Å². The first-order valence-corrected chi connectivity index (χ1v) is 9.07. The summed E-state index contributed by atoms with van der Waals surface area (Å²) in [6.45, 7) is 6.05. The van der Waals surface area contributed by atoms with Gasteiger partial charge in [0, 0.05) is 4.88 Å². The van der Waals surface area contributed by atoms with Crippen molar-refractivity contribution in [1.82, 2.24) is 9.55 Å². The lowest BCUT2D eigenvalue weighted by molar-refractivity contribution is 0.0378. The molecule has 0 N–H and O–H groups in total. The number of carbonyl (C=O) groups is 1. The number of thiophene rings is 1. The highest BCUT2D eigenvalue weighted by Crippen LogP contribution is 2.21. The molecule has 0 saturated heterocycles. The summed E-state index contributed by atoms with van der Waals surface area (Å²) in [5.41, 5.74) is 1.28. The molecular weight excluding hydrogens is 336 g/mol. The first kappa shape index (κ1) is 17.4. The van der Waals surface area contributed by atoms with E-state index in [0.29, 0.717) is 17.5 Å². The quantitative estimate of drug-likeness (QED) is 0.655. The van der Waals surface area contributed by atoms with E-state index in [4.69, 9.17) is 4.74 Å². The van der Waals surface area contributed by atoms with E-state index in [1.54, 1.807) is 40.4 Å². The highest BCUT2D eigenvalue weighted by Gasteiger charge is 2.11. The van der Waals surface area contributed by atoms with Crippen LogP contribution < -0.4 is 5.56 Å². The van der Waals surface area contributed by atoms with Crippen LogP contribution in [0.15, 0.2) is 41.5 Å². The lowest BCUT2D eigenvalue weighted by Crippen LogP contribution is -2.20. The van der Waals surface area contributed by atoms with Crippen LogP contribution in [0.25, 0.3) is 10.2 Å². The van der Waals surface area contributed by atoms with Crippen LogP contribution in [0.2, 0.25) is 0 Å². The van der Waals surface area contributed by atoms with Gasteiger partial charge in [0.05, 0.1) is 29.9 Å². The third-order valence-corrected chi connectivity index (χ3v) is 4.96. The second-order valence-corrected chi connectivity index (χ2v) is 7.23. The Morgan fingerprint density at radius 1 is 1.32 bits per heavy atom. The Kier molecular flexibility index (Phi) is 4.99. The first-order valence-electron chi connectivity index (χ1n) is 8.25. The lowest BCUT2D eigenvalue weighted by Gasteiger charge is -2.10. The average molecular weight is 356 g/mol. The SMILES string of the molecule is CCc1cc2c(=O)n(Cc3cccc(C(=O)OC(C)C)c3)cnc2s1. The minimum atomic E-state index is -0.358. The minimum absolute atomic E-state index is 0.0592. The highest BCUT2D eigenvalue weighted by atomic mass is 32.1. The van der Waals surface area contributed by atoms with Gasteiger partial charge in [0.2, 0.25) is 0 Å². The van der Waals surface area contributed by atoms with Gasteiger partial charge in [-0.3, -0.25) is 9.36 Å². The molecule has 2 aromatic heterocycles. The number of ether oxygens (including phenoxy) is 1. The van der Waals surface area contributed by atoms with Crippen LogP contribution in [0.1, 0.15) is 41.6 Å². The van der Waals surface area contributed by atoms with Gasteiger partial charge in [-0.15, -0.1) is 11.3 Å². The van der Waals surface area contributed by atoms with Gasteiger partial charge >= 0.3 is 5.97 Å². The molecule has 0 fully saturated rings. The maximum absolute atomic E-state index is 12.7. The molecule has 0 saturated carbocycles. The summed E-state index contributed by atoms with van der Waals surface area (Å²) in [4.78, 5) is 31.0. The van der Waals surface area contributed by atoms with E-state index in [-0.39, 0.29) is 17.6 Å². The van der Waals surface area contributed by atoms with Crippen molar-refractivity contribution in [1.29, 1.82) is 0 Å². The molecule has 0 aliphatic heterocycles. The standard InChI is InChI=1S/C19H20N2O3S/c1-4-15-9-16-17(25-15)20-11-21(18(16)22)10-13-6-5-7-14(8-13)19(23)24-12(2)3/h5-9,11-12H,4,10H2,1-3H3. The molecule has 0 radical (unpaired) electrons. The Hall–Kier alpha value is -2.47. The molecule has 0 amide bonds.